The van der Waals surface area contributed by atoms with E-state index in [9.17, 15) is 0 Å². The van der Waals surface area contributed by atoms with E-state index in [1.807, 2.05) is 0 Å². The van der Waals surface area contributed by atoms with Gasteiger partial charge in [0.1, 0.15) is 0 Å². The molecule has 1 heterocycles. The molecular weight excluding hydrogens is 222 g/mol. The van der Waals surface area contributed by atoms with Gasteiger partial charge in [0.2, 0.25) is 0 Å². The average molecular weight is 253 g/mol. The summed E-state index contributed by atoms with van der Waals surface area (Å²) in [6.07, 6.45) is 4.15. The van der Waals surface area contributed by atoms with Crippen molar-refractivity contribution in [1.82, 2.24) is 9.80 Å². The molecule has 1 aliphatic heterocycles. The van der Waals surface area contributed by atoms with Gasteiger partial charge in [-0.2, -0.15) is 0 Å². The second kappa shape index (κ2) is 5.89. The molecule has 2 N–H and O–H groups in total. The summed E-state index contributed by atoms with van der Waals surface area (Å²) in [4.78, 5) is 5.27. The molecule has 0 aromatic carbocycles. The van der Waals surface area contributed by atoms with E-state index in [0.717, 1.165) is 12.5 Å². The van der Waals surface area contributed by atoms with E-state index in [4.69, 9.17) is 5.73 Å². The third kappa shape index (κ3) is 4.52. The second-order valence-electron chi connectivity index (χ2n) is 7.43. The van der Waals surface area contributed by atoms with Crippen molar-refractivity contribution in [2.75, 3.05) is 39.3 Å². The van der Waals surface area contributed by atoms with E-state index in [1.54, 1.807) is 0 Å². The molecular formula is C15H31N3. The van der Waals surface area contributed by atoms with Gasteiger partial charge >= 0.3 is 0 Å². The Bertz CT molecular complexity index is 247. The van der Waals surface area contributed by atoms with Gasteiger partial charge in [-0.05, 0) is 30.6 Å². The number of piperazine rings is 1. The zero-order chi connectivity index (χ0) is 13.2. The van der Waals surface area contributed by atoms with Crippen LogP contribution in [0.5, 0.6) is 0 Å². The fourth-order valence-electron chi connectivity index (χ4n) is 3.05. The molecule has 0 spiro atoms. The molecule has 0 amide bonds. The summed E-state index contributed by atoms with van der Waals surface area (Å²) in [7, 11) is 0. The summed E-state index contributed by atoms with van der Waals surface area (Å²) < 4.78 is 0. The molecule has 106 valence electrons. The minimum atomic E-state index is 0.384. The molecule has 18 heavy (non-hydrogen) atoms. The quantitative estimate of drug-likeness (QED) is 0.810. The number of rotatable bonds is 5. The van der Waals surface area contributed by atoms with Crippen LogP contribution in [-0.2, 0) is 0 Å². The van der Waals surface area contributed by atoms with Crippen molar-refractivity contribution in [2.45, 2.75) is 46.1 Å². The Balaban J connectivity index is 1.75. The minimum absolute atomic E-state index is 0.384. The van der Waals surface area contributed by atoms with E-state index >= 15 is 0 Å². The molecule has 0 aromatic rings. The molecule has 2 fully saturated rings. The van der Waals surface area contributed by atoms with Crippen molar-refractivity contribution >= 4 is 0 Å². The van der Waals surface area contributed by atoms with Crippen molar-refractivity contribution in [3.05, 3.63) is 0 Å². The molecule has 0 aromatic heterocycles. The molecule has 1 aliphatic carbocycles. The molecule has 3 nitrogen and oxygen atoms in total. The van der Waals surface area contributed by atoms with Crippen molar-refractivity contribution in [2.24, 2.45) is 17.1 Å². The van der Waals surface area contributed by atoms with Crippen LogP contribution in [0.2, 0.25) is 0 Å². The summed E-state index contributed by atoms with van der Waals surface area (Å²) in [5.74, 6) is 1.02. The maximum Gasteiger partial charge on any atom is 0.0224 e. The first kappa shape index (κ1) is 14.3. The van der Waals surface area contributed by atoms with Crippen molar-refractivity contribution in [3.8, 4) is 0 Å². The van der Waals surface area contributed by atoms with Crippen LogP contribution in [-0.4, -0.2) is 55.1 Å². The highest BCUT2D eigenvalue weighted by molar-refractivity contribution is 4.85. The predicted molar refractivity (Wildman–Crippen MR) is 77.7 cm³/mol. The molecule has 1 unspecified atom stereocenters. The second-order valence-corrected chi connectivity index (χ2v) is 7.43. The Labute approximate surface area is 113 Å². The predicted octanol–water partition coefficient (Wildman–Crippen LogP) is 1.78. The first-order chi connectivity index (χ1) is 8.48. The van der Waals surface area contributed by atoms with Crippen LogP contribution >= 0.6 is 0 Å². The van der Waals surface area contributed by atoms with E-state index in [-0.39, 0.29) is 0 Å². The standard InChI is InChI=1S/C15H31N3/c1-15(2,3)10-14(11-16)18-8-6-17(7-9-18)12-13-4-5-13/h13-14H,4-12,16H2,1-3H3. The maximum atomic E-state index is 5.98. The first-order valence-corrected chi connectivity index (χ1v) is 7.64. The zero-order valence-electron chi connectivity index (χ0n) is 12.5. The third-order valence-corrected chi connectivity index (χ3v) is 4.26. The summed E-state index contributed by atoms with van der Waals surface area (Å²) in [5, 5.41) is 0. The lowest BCUT2D eigenvalue weighted by molar-refractivity contribution is 0.0776. The molecule has 3 heteroatoms. The van der Waals surface area contributed by atoms with Crippen molar-refractivity contribution in [1.29, 1.82) is 0 Å². The smallest absolute Gasteiger partial charge is 0.0224 e. The number of hydrogen-bond donors (Lipinski definition) is 1. The van der Waals surface area contributed by atoms with E-state index in [2.05, 4.69) is 30.6 Å². The number of nitrogens with two attached hydrogens (primary N) is 1. The van der Waals surface area contributed by atoms with Gasteiger partial charge in [-0.3, -0.25) is 4.90 Å². The van der Waals surface area contributed by atoms with Gasteiger partial charge in [0, 0.05) is 45.3 Å². The SMILES string of the molecule is CC(C)(C)CC(CN)N1CCN(CC2CC2)CC1. The fourth-order valence-corrected chi connectivity index (χ4v) is 3.05. The molecule has 1 saturated heterocycles. The number of nitrogens with zero attached hydrogens (tertiary/aromatic N) is 2. The third-order valence-electron chi connectivity index (χ3n) is 4.26. The average Bonchev–Trinajstić information content (AvgIpc) is 3.10. The maximum absolute atomic E-state index is 5.98. The van der Waals surface area contributed by atoms with E-state index < -0.39 is 0 Å². The highest BCUT2D eigenvalue weighted by atomic mass is 15.3. The lowest BCUT2D eigenvalue weighted by Gasteiger charge is -2.41. The lowest BCUT2D eigenvalue weighted by atomic mass is 9.87. The van der Waals surface area contributed by atoms with Crippen molar-refractivity contribution in [3.63, 3.8) is 0 Å². The first-order valence-electron chi connectivity index (χ1n) is 7.64. The van der Waals surface area contributed by atoms with Crippen LogP contribution in [0.15, 0.2) is 0 Å². The topological polar surface area (TPSA) is 32.5 Å². The summed E-state index contributed by atoms with van der Waals surface area (Å²) in [5.41, 5.74) is 6.37. The van der Waals surface area contributed by atoms with Crippen LogP contribution in [0, 0.1) is 11.3 Å². The highest BCUT2D eigenvalue weighted by Crippen LogP contribution is 2.30. The van der Waals surface area contributed by atoms with Gasteiger partial charge in [0.05, 0.1) is 0 Å². The molecule has 2 rings (SSSR count). The van der Waals surface area contributed by atoms with Crippen LogP contribution in [0.25, 0.3) is 0 Å². The molecule has 1 atom stereocenters. The Hall–Kier alpha value is -0.120. The Morgan fingerprint density at radius 2 is 1.72 bits per heavy atom. The van der Waals surface area contributed by atoms with Crippen LogP contribution in [0.4, 0.5) is 0 Å². The molecule has 1 saturated carbocycles. The van der Waals surface area contributed by atoms with Gasteiger partial charge in [0.25, 0.3) is 0 Å². The van der Waals surface area contributed by atoms with Gasteiger partial charge in [0.15, 0.2) is 0 Å². The van der Waals surface area contributed by atoms with E-state index in [1.165, 1.54) is 52.0 Å². The molecule has 0 radical (unpaired) electrons. The highest BCUT2D eigenvalue weighted by Gasteiger charge is 2.29. The van der Waals surface area contributed by atoms with Gasteiger partial charge in [-0.1, -0.05) is 20.8 Å². The van der Waals surface area contributed by atoms with Crippen LogP contribution in [0.3, 0.4) is 0 Å². The normalized spacial score (nSPS) is 25.3. The van der Waals surface area contributed by atoms with Crippen molar-refractivity contribution < 1.29 is 0 Å². The minimum Gasteiger partial charge on any atom is -0.329 e. The largest absolute Gasteiger partial charge is 0.329 e. The summed E-state index contributed by atoms with van der Waals surface area (Å²) in [6.45, 7) is 14.0. The molecule has 0 bridgehead atoms. The lowest BCUT2D eigenvalue weighted by Crippen LogP contribution is -2.53. The Morgan fingerprint density at radius 3 is 2.17 bits per heavy atom. The Morgan fingerprint density at radius 1 is 1.11 bits per heavy atom. The monoisotopic (exact) mass is 253 g/mol. The van der Waals surface area contributed by atoms with Gasteiger partial charge < -0.3 is 10.6 Å². The zero-order valence-corrected chi connectivity index (χ0v) is 12.5. The van der Waals surface area contributed by atoms with Crippen LogP contribution < -0.4 is 5.73 Å². The number of hydrogen-bond acceptors (Lipinski definition) is 3. The Kier molecular flexibility index (Phi) is 4.68. The summed E-state index contributed by atoms with van der Waals surface area (Å²) >= 11 is 0. The van der Waals surface area contributed by atoms with Crippen LogP contribution in [0.1, 0.15) is 40.0 Å². The van der Waals surface area contributed by atoms with Gasteiger partial charge in [-0.15, -0.1) is 0 Å². The van der Waals surface area contributed by atoms with Gasteiger partial charge in [-0.25, -0.2) is 0 Å². The fraction of sp³-hybridized carbons (Fsp3) is 1.00. The van der Waals surface area contributed by atoms with E-state index in [0.29, 0.717) is 11.5 Å². The summed E-state index contributed by atoms with van der Waals surface area (Å²) in [6, 6.07) is 0.577. The molecule has 2 aliphatic rings.